The first-order valence-corrected chi connectivity index (χ1v) is 11.8. The second-order valence-corrected chi connectivity index (χ2v) is 9.77. The van der Waals surface area contributed by atoms with E-state index in [0.717, 1.165) is 12.0 Å². The van der Waals surface area contributed by atoms with Crippen LogP contribution in [0.2, 0.25) is 0 Å². The Hall–Kier alpha value is -3.79. The number of alkyl carbamates (subject to hydrolysis) is 1. The number of carbonyl (C=O) groups is 3. The van der Waals surface area contributed by atoms with Gasteiger partial charge in [0.05, 0.1) is 0 Å². The molecule has 1 saturated carbocycles. The molecule has 0 radical (unpaired) electrons. The topological polar surface area (TPSA) is 87.7 Å². The van der Waals surface area contributed by atoms with E-state index >= 15 is 0 Å². The monoisotopic (exact) mass is 475 g/mol. The summed E-state index contributed by atoms with van der Waals surface area (Å²) < 4.78 is 5.26. The Morgan fingerprint density at radius 2 is 1.71 bits per heavy atom. The van der Waals surface area contributed by atoms with Gasteiger partial charge in [-0.05, 0) is 50.3 Å². The molecule has 0 heterocycles. The van der Waals surface area contributed by atoms with Crippen LogP contribution in [0.15, 0.2) is 54.6 Å². The Labute approximate surface area is 207 Å². The number of terminal acetylenes is 1. The fraction of sp³-hybridized carbons (Fsp3) is 0.393. The molecule has 0 spiro atoms. The molecule has 2 aromatic rings. The Morgan fingerprint density at radius 3 is 2.31 bits per heavy atom. The fourth-order valence-electron chi connectivity index (χ4n) is 3.93. The van der Waals surface area contributed by atoms with Crippen molar-refractivity contribution in [3.63, 3.8) is 0 Å². The molecule has 7 heteroatoms. The summed E-state index contributed by atoms with van der Waals surface area (Å²) in [6.07, 6.45) is 5.82. The average molecular weight is 476 g/mol. The van der Waals surface area contributed by atoms with E-state index in [4.69, 9.17) is 11.2 Å². The lowest BCUT2D eigenvalue weighted by molar-refractivity contribution is -0.141. The zero-order chi connectivity index (χ0) is 25.6. The van der Waals surface area contributed by atoms with Gasteiger partial charge in [-0.3, -0.25) is 9.59 Å². The number of nitrogens with one attached hydrogen (secondary N) is 2. The van der Waals surface area contributed by atoms with Gasteiger partial charge in [0.1, 0.15) is 18.2 Å². The minimum Gasteiger partial charge on any atom is -0.444 e. The summed E-state index contributed by atoms with van der Waals surface area (Å²) in [7, 11) is 0. The number of hydrogen-bond acceptors (Lipinski definition) is 4. The minimum absolute atomic E-state index is 0.138. The Kier molecular flexibility index (Phi) is 8.18. The molecule has 184 valence electrons. The quantitative estimate of drug-likeness (QED) is 0.569. The number of nitrogens with zero attached hydrogens (tertiary/aromatic N) is 1. The van der Waals surface area contributed by atoms with Crippen molar-refractivity contribution in [2.75, 3.05) is 6.54 Å². The van der Waals surface area contributed by atoms with Crippen LogP contribution in [0.1, 0.15) is 56.8 Å². The van der Waals surface area contributed by atoms with Gasteiger partial charge >= 0.3 is 6.09 Å². The number of rotatable bonds is 8. The molecular formula is C28H33N3O4. The first-order valence-electron chi connectivity index (χ1n) is 11.8. The van der Waals surface area contributed by atoms with E-state index in [0.29, 0.717) is 17.7 Å². The molecule has 2 N–H and O–H groups in total. The predicted octanol–water partition coefficient (Wildman–Crippen LogP) is 3.79. The molecule has 0 saturated heterocycles. The maximum Gasteiger partial charge on any atom is 0.408 e. The van der Waals surface area contributed by atoms with E-state index in [1.54, 1.807) is 49.9 Å². The summed E-state index contributed by atoms with van der Waals surface area (Å²) in [6, 6.07) is 15.6. The van der Waals surface area contributed by atoms with Crippen molar-refractivity contribution in [2.45, 2.75) is 58.3 Å². The summed E-state index contributed by atoms with van der Waals surface area (Å²) in [5.41, 5.74) is 1.36. The van der Waals surface area contributed by atoms with Crippen molar-refractivity contribution in [3.8, 4) is 12.3 Å². The second kappa shape index (κ2) is 11.1. The van der Waals surface area contributed by atoms with Crippen LogP contribution in [0.25, 0.3) is 0 Å². The third-order valence-electron chi connectivity index (χ3n) is 5.74. The summed E-state index contributed by atoms with van der Waals surface area (Å²) in [6.45, 7) is 7.28. The second-order valence-electron chi connectivity index (χ2n) is 9.77. The van der Waals surface area contributed by atoms with Gasteiger partial charge in [0.25, 0.3) is 0 Å². The highest BCUT2D eigenvalue weighted by molar-refractivity contribution is 5.91. The molecule has 0 aromatic heterocycles. The Balaban J connectivity index is 1.88. The van der Waals surface area contributed by atoms with E-state index < -0.39 is 17.7 Å². The molecule has 2 aromatic carbocycles. The molecular weight excluding hydrogens is 442 g/mol. The number of ether oxygens (including phenoxy) is 1. The Morgan fingerprint density at radius 1 is 1.09 bits per heavy atom. The van der Waals surface area contributed by atoms with Crippen molar-refractivity contribution in [1.29, 1.82) is 0 Å². The summed E-state index contributed by atoms with van der Waals surface area (Å²) in [4.78, 5) is 40.8. The molecule has 1 aliphatic carbocycles. The largest absolute Gasteiger partial charge is 0.444 e. The first-order chi connectivity index (χ1) is 16.6. The lowest BCUT2D eigenvalue weighted by Crippen LogP contribution is -2.49. The predicted molar refractivity (Wildman–Crippen MR) is 134 cm³/mol. The van der Waals surface area contributed by atoms with E-state index in [1.165, 1.54) is 0 Å². The lowest BCUT2D eigenvalue weighted by Gasteiger charge is -2.33. The van der Waals surface area contributed by atoms with Gasteiger partial charge < -0.3 is 20.3 Å². The third-order valence-corrected chi connectivity index (χ3v) is 5.74. The smallest absolute Gasteiger partial charge is 0.408 e. The van der Waals surface area contributed by atoms with Crippen LogP contribution in [0.5, 0.6) is 0 Å². The van der Waals surface area contributed by atoms with Crippen LogP contribution in [-0.4, -0.2) is 41.0 Å². The van der Waals surface area contributed by atoms with Crippen molar-refractivity contribution in [3.05, 3.63) is 71.3 Å². The van der Waals surface area contributed by atoms with E-state index in [2.05, 4.69) is 16.6 Å². The van der Waals surface area contributed by atoms with Crippen LogP contribution in [0.3, 0.4) is 0 Å². The zero-order valence-electron chi connectivity index (χ0n) is 20.7. The molecule has 0 bridgehead atoms. The van der Waals surface area contributed by atoms with Crippen molar-refractivity contribution >= 4 is 17.9 Å². The lowest BCUT2D eigenvalue weighted by atomic mass is 9.97. The SMILES string of the molecule is C#Cc1ccccc1C(C(=O)NCc1ccccc1)N(C(=O)CNC(=O)OC(C)(C)C)C1CC1C. The van der Waals surface area contributed by atoms with Crippen LogP contribution < -0.4 is 10.6 Å². The Bertz CT molecular complexity index is 1100. The first kappa shape index (κ1) is 25.8. The highest BCUT2D eigenvalue weighted by atomic mass is 16.6. The minimum atomic E-state index is -0.936. The normalized spacial score (nSPS) is 17.5. The maximum atomic E-state index is 13.6. The van der Waals surface area contributed by atoms with Gasteiger partial charge in [0.2, 0.25) is 11.8 Å². The number of amides is 3. The van der Waals surface area contributed by atoms with Crippen LogP contribution in [0.4, 0.5) is 4.79 Å². The van der Waals surface area contributed by atoms with Crippen LogP contribution in [-0.2, 0) is 20.9 Å². The summed E-state index contributed by atoms with van der Waals surface area (Å²) in [5, 5.41) is 5.49. The van der Waals surface area contributed by atoms with Gasteiger partial charge in [-0.2, -0.15) is 0 Å². The molecule has 7 nitrogen and oxygen atoms in total. The number of hydrogen-bond donors (Lipinski definition) is 2. The molecule has 35 heavy (non-hydrogen) atoms. The molecule has 3 unspecified atom stereocenters. The van der Waals surface area contributed by atoms with Gasteiger partial charge in [0.15, 0.2) is 0 Å². The zero-order valence-corrected chi connectivity index (χ0v) is 20.7. The molecule has 1 fully saturated rings. The highest BCUT2D eigenvalue weighted by Crippen LogP contribution is 2.40. The van der Waals surface area contributed by atoms with Crippen molar-refractivity contribution in [2.24, 2.45) is 5.92 Å². The molecule has 3 rings (SSSR count). The molecule has 1 aliphatic rings. The highest BCUT2D eigenvalue weighted by Gasteiger charge is 2.46. The molecule has 3 atom stereocenters. The summed E-state index contributed by atoms with van der Waals surface area (Å²) >= 11 is 0. The number of benzene rings is 2. The van der Waals surface area contributed by atoms with Gasteiger partial charge in [-0.15, -0.1) is 6.42 Å². The average Bonchev–Trinajstić information content (AvgIpc) is 3.54. The van der Waals surface area contributed by atoms with Crippen LogP contribution >= 0.6 is 0 Å². The van der Waals surface area contributed by atoms with E-state index in [9.17, 15) is 14.4 Å². The van der Waals surface area contributed by atoms with Crippen molar-refractivity contribution in [1.82, 2.24) is 15.5 Å². The molecule has 3 amide bonds. The molecule has 0 aliphatic heterocycles. The van der Waals surface area contributed by atoms with Gasteiger partial charge in [-0.25, -0.2) is 4.79 Å². The van der Waals surface area contributed by atoms with Gasteiger partial charge in [-0.1, -0.05) is 61.4 Å². The number of carbonyl (C=O) groups excluding carboxylic acids is 3. The van der Waals surface area contributed by atoms with Crippen molar-refractivity contribution < 1.29 is 19.1 Å². The standard InChI is InChI=1S/C28H33N3O4/c1-6-21-14-10-11-15-22(21)25(26(33)29-17-20-12-8-7-9-13-20)31(23-16-19(23)2)24(32)18-30-27(34)35-28(3,4)5/h1,7-15,19,23,25H,16-18H2,2-5H3,(H,29,33)(H,30,34). The van der Waals surface area contributed by atoms with E-state index in [-0.39, 0.29) is 30.3 Å². The third kappa shape index (κ3) is 7.10. The maximum absolute atomic E-state index is 13.6. The van der Waals surface area contributed by atoms with Gasteiger partial charge in [0, 0.05) is 18.2 Å². The summed E-state index contributed by atoms with van der Waals surface area (Å²) in [5.74, 6) is 2.15. The fourth-order valence-corrected chi connectivity index (χ4v) is 3.93. The van der Waals surface area contributed by atoms with Crippen LogP contribution in [0, 0.1) is 18.3 Å². The van der Waals surface area contributed by atoms with E-state index in [1.807, 2.05) is 37.3 Å².